The van der Waals surface area contributed by atoms with Gasteiger partial charge in [-0.05, 0) is 47.3 Å². The Morgan fingerprint density at radius 2 is 1.84 bits per heavy atom. The molecule has 0 unspecified atom stereocenters. The van der Waals surface area contributed by atoms with Crippen LogP contribution in [0.4, 0.5) is 5.82 Å². The number of aromatic nitrogens is 2. The number of nitrogens with one attached hydrogen (secondary N) is 1. The highest BCUT2D eigenvalue weighted by atomic mass is 35.5. The van der Waals surface area contributed by atoms with E-state index in [1.54, 1.807) is 6.07 Å². The number of rotatable bonds is 4. The molecule has 0 aliphatic carbocycles. The van der Waals surface area contributed by atoms with E-state index < -0.39 is 0 Å². The maximum Gasteiger partial charge on any atom is 0.224 e. The van der Waals surface area contributed by atoms with E-state index in [4.69, 9.17) is 34.8 Å². The summed E-state index contributed by atoms with van der Waals surface area (Å²) in [6.07, 6.45) is 1.23. The van der Waals surface area contributed by atoms with Crippen LogP contribution in [-0.4, -0.2) is 15.1 Å². The van der Waals surface area contributed by atoms with Crippen molar-refractivity contribution in [1.82, 2.24) is 9.97 Å². The van der Waals surface area contributed by atoms with Crippen molar-refractivity contribution < 1.29 is 5.11 Å². The summed E-state index contributed by atoms with van der Waals surface area (Å²) in [5, 5.41) is 10.7. The monoisotopic (exact) mass is 335 g/mol. The van der Waals surface area contributed by atoms with Gasteiger partial charge in [0.05, 0.1) is 6.20 Å². The topological polar surface area (TPSA) is 58.0 Å². The lowest BCUT2D eigenvalue weighted by atomic mass is 10.2. The van der Waals surface area contributed by atoms with Crippen LogP contribution in [0.3, 0.4) is 0 Å². The number of nitrogens with zero attached hydrogens (tertiary/aromatic N) is 2. The van der Waals surface area contributed by atoms with Crippen LogP contribution >= 0.6 is 46.8 Å². The minimum absolute atomic E-state index is 0.0618. The van der Waals surface area contributed by atoms with E-state index in [9.17, 15) is 5.11 Å². The normalized spacial score (nSPS) is 10.5. The van der Waals surface area contributed by atoms with Crippen molar-refractivity contribution in [3.05, 3.63) is 45.3 Å². The predicted octanol–water partition coefficient (Wildman–Crippen LogP) is 4.40. The molecule has 4 nitrogen and oxygen atoms in total. The second kappa shape index (κ2) is 6.52. The Bertz CT molecular complexity index is 577. The highest BCUT2D eigenvalue weighted by molar-refractivity contribution is 7.99. The van der Waals surface area contributed by atoms with Gasteiger partial charge in [0.1, 0.15) is 0 Å². The molecule has 1 aromatic heterocycles. The molecule has 0 saturated heterocycles. The summed E-state index contributed by atoms with van der Waals surface area (Å²) in [4.78, 5) is 7.51. The van der Waals surface area contributed by atoms with Crippen LogP contribution in [0, 0.1) is 0 Å². The molecule has 0 radical (unpaired) electrons. The van der Waals surface area contributed by atoms with E-state index in [-0.39, 0.29) is 16.9 Å². The van der Waals surface area contributed by atoms with Crippen LogP contribution in [0.5, 0.6) is 5.75 Å². The van der Waals surface area contributed by atoms with Gasteiger partial charge in [0.2, 0.25) is 5.28 Å². The van der Waals surface area contributed by atoms with E-state index in [2.05, 4.69) is 14.7 Å². The van der Waals surface area contributed by atoms with Gasteiger partial charge in [0.25, 0.3) is 0 Å². The zero-order valence-corrected chi connectivity index (χ0v) is 12.5. The van der Waals surface area contributed by atoms with Crippen LogP contribution in [0.25, 0.3) is 0 Å². The van der Waals surface area contributed by atoms with Crippen molar-refractivity contribution in [2.75, 3.05) is 4.72 Å². The summed E-state index contributed by atoms with van der Waals surface area (Å²) in [6.45, 7) is 0. The molecule has 0 fully saturated rings. The third-order valence-electron chi connectivity index (χ3n) is 2.07. The van der Waals surface area contributed by atoms with E-state index in [0.29, 0.717) is 15.8 Å². The van der Waals surface area contributed by atoms with Crippen LogP contribution in [0.2, 0.25) is 15.3 Å². The molecule has 1 heterocycles. The Labute approximate surface area is 129 Å². The minimum Gasteiger partial charge on any atom is -0.503 e. The van der Waals surface area contributed by atoms with Gasteiger partial charge in [-0.1, -0.05) is 23.2 Å². The van der Waals surface area contributed by atoms with Gasteiger partial charge >= 0.3 is 0 Å². The molecule has 0 aliphatic heterocycles. The fourth-order valence-corrected chi connectivity index (χ4v) is 2.71. The van der Waals surface area contributed by atoms with Crippen LogP contribution < -0.4 is 4.72 Å². The Morgan fingerprint density at radius 1 is 1.16 bits per heavy atom. The number of aromatic hydroxyl groups is 1. The van der Waals surface area contributed by atoms with Crippen LogP contribution in [0.15, 0.2) is 24.4 Å². The largest absolute Gasteiger partial charge is 0.503 e. The van der Waals surface area contributed by atoms with Crippen LogP contribution in [0.1, 0.15) is 5.56 Å². The first-order valence-electron chi connectivity index (χ1n) is 5.09. The first kappa shape index (κ1) is 14.5. The summed E-state index contributed by atoms with van der Waals surface area (Å²) in [6, 6.07) is 5.30. The zero-order valence-electron chi connectivity index (χ0n) is 9.40. The molecule has 0 amide bonds. The third kappa shape index (κ3) is 4.31. The molecule has 2 aromatic rings. The van der Waals surface area contributed by atoms with Crippen molar-refractivity contribution in [3.63, 3.8) is 0 Å². The molecular formula is C11H8Cl3N3OS. The highest BCUT2D eigenvalue weighted by Gasteiger charge is 2.05. The SMILES string of the molecule is Oc1cnc(Cl)nc1NSCc1cc(Cl)cc(Cl)c1. The maximum absolute atomic E-state index is 9.52. The minimum atomic E-state index is -0.0685. The third-order valence-corrected chi connectivity index (χ3v) is 3.50. The average Bonchev–Trinajstić information content (AvgIpc) is 2.32. The molecule has 0 saturated carbocycles. The van der Waals surface area contributed by atoms with Crippen molar-refractivity contribution in [1.29, 1.82) is 0 Å². The van der Waals surface area contributed by atoms with Gasteiger partial charge in [-0.2, -0.15) is 4.98 Å². The number of benzene rings is 1. The lowest BCUT2D eigenvalue weighted by Gasteiger charge is -2.07. The standard InChI is InChI=1S/C11H8Cl3N3OS/c12-7-1-6(2-8(13)3-7)5-19-17-10-9(18)4-15-11(14)16-10/h1-4,18H,5H2,(H,15,16,17). The molecule has 2 N–H and O–H groups in total. The first-order valence-corrected chi connectivity index (χ1v) is 7.21. The Morgan fingerprint density at radius 3 is 2.53 bits per heavy atom. The Kier molecular flexibility index (Phi) is 4.99. The summed E-state index contributed by atoms with van der Waals surface area (Å²) >= 11 is 18.8. The summed E-state index contributed by atoms with van der Waals surface area (Å²) in [5.41, 5.74) is 0.953. The van der Waals surface area contributed by atoms with Crippen molar-refractivity contribution >= 4 is 52.6 Å². The summed E-state index contributed by atoms with van der Waals surface area (Å²) < 4.78 is 2.89. The smallest absolute Gasteiger partial charge is 0.224 e. The molecular weight excluding hydrogens is 329 g/mol. The molecule has 0 spiro atoms. The average molecular weight is 337 g/mol. The maximum atomic E-state index is 9.52. The van der Waals surface area contributed by atoms with Crippen molar-refractivity contribution in [2.45, 2.75) is 5.75 Å². The molecule has 0 atom stereocenters. The zero-order chi connectivity index (χ0) is 13.8. The number of hydrogen-bond acceptors (Lipinski definition) is 5. The fraction of sp³-hybridized carbons (Fsp3) is 0.0909. The molecule has 0 aliphatic rings. The molecule has 2 rings (SSSR count). The van der Waals surface area contributed by atoms with E-state index in [0.717, 1.165) is 5.56 Å². The van der Waals surface area contributed by atoms with Crippen molar-refractivity contribution in [3.8, 4) is 5.75 Å². The van der Waals surface area contributed by atoms with E-state index >= 15 is 0 Å². The Balaban J connectivity index is 1.98. The molecule has 0 bridgehead atoms. The van der Waals surface area contributed by atoms with Crippen molar-refractivity contribution in [2.24, 2.45) is 0 Å². The summed E-state index contributed by atoms with van der Waals surface area (Å²) in [7, 11) is 0. The van der Waals surface area contributed by atoms with E-state index in [1.807, 2.05) is 12.1 Å². The Hall–Kier alpha value is -0.880. The molecule has 1 aromatic carbocycles. The second-order valence-electron chi connectivity index (χ2n) is 3.54. The van der Waals surface area contributed by atoms with Gasteiger partial charge in [0, 0.05) is 15.8 Å². The number of anilines is 1. The molecule has 19 heavy (non-hydrogen) atoms. The van der Waals surface area contributed by atoms with Crippen LogP contribution in [-0.2, 0) is 5.75 Å². The summed E-state index contributed by atoms with van der Waals surface area (Å²) in [5.74, 6) is 0.792. The lowest BCUT2D eigenvalue weighted by molar-refractivity contribution is 0.473. The number of halogens is 3. The number of hydrogen-bond donors (Lipinski definition) is 2. The second-order valence-corrected chi connectivity index (χ2v) is 5.53. The molecule has 100 valence electrons. The van der Waals surface area contributed by atoms with E-state index in [1.165, 1.54) is 18.1 Å². The van der Waals surface area contributed by atoms with Gasteiger partial charge < -0.3 is 9.83 Å². The van der Waals surface area contributed by atoms with Gasteiger partial charge in [0.15, 0.2) is 11.6 Å². The quantitative estimate of drug-likeness (QED) is 0.640. The fourth-order valence-electron chi connectivity index (χ4n) is 1.31. The van der Waals surface area contributed by atoms with Gasteiger partial charge in [-0.3, -0.25) is 0 Å². The molecule has 8 heteroatoms. The highest BCUT2D eigenvalue weighted by Crippen LogP contribution is 2.26. The predicted molar refractivity (Wildman–Crippen MR) is 80.1 cm³/mol. The van der Waals surface area contributed by atoms with Gasteiger partial charge in [-0.15, -0.1) is 0 Å². The van der Waals surface area contributed by atoms with Gasteiger partial charge in [-0.25, -0.2) is 4.98 Å². The first-order chi connectivity index (χ1) is 9.04. The lowest BCUT2D eigenvalue weighted by Crippen LogP contribution is -1.94.